The third-order valence-electron chi connectivity index (χ3n) is 6.05. The quantitative estimate of drug-likeness (QED) is 0.723. The molecule has 0 aromatic carbocycles. The third-order valence-corrected chi connectivity index (χ3v) is 6.05. The number of ketones is 1. The zero-order valence-corrected chi connectivity index (χ0v) is 14.5. The molecule has 0 radical (unpaired) electrons. The maximum atomic E-state index is 12.7. The molecule has 0 spiro atoms. The summed E-state index contributed by atoms with van der Waals surface area (Å²) < 4.78 is 4.96. The molecule has 3 heteroatoms. The van der Waals surface area contributed by atoms with Crippen LogP contribution in [0.4, 0.5) is 0 Å². The maximum absolute atomic E-state index is 12.7. The molecule has 0 amide bonds. The van der Waals surface area contributed by atoms with Gasteiger partial charge in [-0.15, -0.1) is 0 Å². The first-order valence-corrected chi connectivity index (χ1v) is 8.53. The van der Waals surface area contributed by atoms with E-state index in [1.54, 1.807) is 0 Å². The number of hydrogen-bond donors (Lipinski definition) is 0. The molecular formula is C20H26O3. The van der Waals surface area contributed by atoms with Crippen LogP contribution in [0.15, 0.2) is 35.5 Å². The van der Waals surface area contributed by atoms with Gasteiger partial charge >= 0.3 is 5.97 Å². The standard InChI is InChI=1S/C20H26O3/c1-13-12-16(21)17-19(2,3)9-5-10-20(17,4)15(13)7-6-14-8-11-23-18(14)22/h6-8,12,15,17H,5,9-11H2,1-4H3/b7-6+/t15-,17+,20-/m1/s1. The van der Waals surface area contributed by atoms with Crippen LogP contribution in [0.3, 0.4) is 0 Å². The van der Waals surface area contributed by atoms with Crippen molar-refractivity contribution in [2.75, 3.05) is 6.61 Å². The van der Waals surface area contributed by atoms with E-state index in [4.69, 9.17) is 4.74 Å². The molecule has 3 nitrogen and oxygen atoms in total. The number of esters is 1. The Labute approximate surface area is 138 Å². The zero-order valence-electron chi connectivity index (χ0n) is 14.5. The van der Waals surface area contributed by atoms with Gasteiger partial charge in [-0.2, -0.15) is 0 Å². The number of carbonyl (C=O) groups is 2. The van der Waals surface area contributed by atoms with Gasteiger partial charge < -0.3 is 4.74 Å². The van der Waals surface area contributed by atoms with Crippen molar-refractivity contribution in [2.24, 2.45) is 22.7 Å². The van der Waals surface area contributed by atoms with Gasteiger partial charge in [0.15, 0.2) is 5.78 Å². The first-order valence-electron chi connectivity index (χ1n) is 8.53. The van der Waals surface area contributed by atoms with Crippen molar-refractivity contribution in [1.29, 1.82) is 0 Å². The Balaban J connectivity index is 1.98. The molecular weight excluding hydrogens is 288 g/mol. The van der Waals surface area contributed by atoms with Crippen molar-refractivity contribution in [3.05, 3.63) is 35.5 Å². The van der Waals surface area contributed by atoms with Crippen LogP contribution in [0.1, 0.15) is 47.0 Å². The lowest BCUT2D eigenvalue weighted by atomic mass is 9.48. The SMILES string of the molecule is CC1=CC(=O)[C@H]2C(C)(C)CCC[C@]2(C)[C@@H]1/C=C/C1=CCOC1=O. The van der Waals surface area contributed by atoms with Crippen molar-refractivity contribution in [3.8, 4) is 0 Å². The predicted octanol–water partition coefficient (Wildman–Crippen LogP) is 4.00. The molecule has 3 atom stereocenters. The van der Waals surface area contributed by atoms with Gasteiger partial charge in [-0.3, -0.25) is 4.79 Å². The van der Waals surface area contributed by atoms with Crippen LogP contribution in [-0.2, 0) is 14.3 Å². The minimum Gasteiger partial charge on any atom is -0.458 e. The van der Waals surface area contributed by atoms with Gasteiger partial charge in [0, 0.05) is 11.8 Å². The minimum atomic E-state index is -0.250. The Hall–Kier alpha value is -1.64. The van der Waals surface area contributed by atoms with Gasteiger partial charge in [0.05, 0.1) is 5.57 Å². The summed E-state index contributed by atoms with van der Waals surface area (Å²) in [5.74, 6) is 0.268. The van der Waals surface area contributed by atoms with E-state index in [1.807, 2.05) is 25.2 Å². The fourth-order valence-electron chi connectivity index (χ4n) is 5.15. The van der Waals surface area contributed by atoms with Crippen molar-refractivity contribution >= 4 is 11.8 Å². The van der Waals surface area contributed by atoms with Crippen LogP contribution in [0, 0.1) is 22.7 Å². The summed E-state index contributed by atoms with van der Waals surface area (Å²) in [5, 5.41) is 0. The van der Waals surface area contributed by atoms with Crippen molar-refractivity contribution in [2.45, 2.75) is 47.0 Å². The molecule has 0 N–H and O–H groups in total. The second-order valence-corrected chi connectivity index (χ2v) is 8.17. The van der Waals surface area contributed by atoms with Gasteiger partial charge in [-0.1, -0.05) is 44.9 Å². The summed E-state index contributed by atoms with van der Waals surface area (Å²) >= 11 is 0. The smallest absolute Gasteiger partial charge is 0.338 e. The highest BCUT2D eigenvalue weighted by atomic mass is 16.5. The normalized spacial score (nSPS) is 36.5. The van der Waals surface area contributed by atoms with E-state index in [-0.39, 0.29) is 34.4 Å². The Morgan fingerprint density at radius 3 is 2.61 bits per heavy atom. The van der Waals surface area contributed by atoms with E-state index in [0.717, 1.165) is 24.8 Å². The first-order chi connectivity index (χ1) is 10.8. The average molecular weight is 314 g/mol. The number of allylic oxidation sites excluding steroid dienone is 3. The van der Waals surface area contributed by atoms with Crippen molar-refractivity contribution < 1.29 is 14.3 Å². The topological polar surface area (TPSA) is 43.4 Å². The summed E-state index contributed by atoms with van der Waals surface area (Å²) in [4.78, 5) is 24.4. The van der Waals surface area contributed by atoms with E-state index in [9.17, 15) is 9.59 Å². The van der Waals surface area contributed by atoms with Gasteiger partial charge in [0.2, 0.25) is 0 Å². The van der Waals surface area contributed by atoms with Crippen LogP contribution in [0.25, 0.3) is 0 Å². The van der Waals surface area contributed by atoms with Gasteiger partial charge in [-0.25, -0.2) is 4.79 Å². The highest BCUT2D eigenvalue weighted by molar-refractivity contribution is 5.95. The summed E-state index contributed by atoms with van der Waals surface area (Å²) in [5.41, 5.74) is 1.69. The molecule has 3 aliphatic rings. The van der Waals surface area contributed by atoms with Gasteiger partial charge in [-0.05, 0) is 42.7 Å². The van der Waals surface area contributed by atoms with Crippen LogP contribution in [0.2, 0.25) is 0 Å². The molecule has 23 heavy (non-hydrogen) atoms. The molecule has 1 saturated carbocycles. The second kappa shape index (κ2) is 5.47. The predicted molar refractivity (Wildman–Crippen MR) is 89.7 cm³/mol. The summed E-state index contributed by atoms with van der Waals surface area (Å²) in [6.07, 6.45) is 10.9. The molecule has 1 aliphatic heterocycles. The Bertz CT molecular complexity index is 635. The molecule has 0 unspecified atom stereocenters. The number of ether oxygens (including phenoxy) is 1. The molecule has 0 saturated heterocycles. The van der Waals surface area contributed by atoms with Crippen molar-refractivity contribution in [1.82, 2.24) is 0 Å². The lowest BCUT2D eigenvalue weighted by molar-refractivity contribution is -0.136. The lowest BCUT2D eigenvalue weighted by Crippen LogP contribution is -2.52. The number of carbonyl (C=O) groups excluding carboxylic acids is 2. The first kappa shape index (κ1) is 16.2. The second-order valence-electron chi connectivity index (χ2n) is 8.17. The van der Waals surface area contributed by atoms with Crippen LogP contribution < -0.4 is 0 Å². The zero-order chi connectivity index (χ0) is 16.8. The molecule has 0 bridgehead atoms. The highest BCUT2D eigenvalue weighted by Crippen LogP contribution is 2.58. The summed E-state index contributed by atoms with van der Waals surface area (Å²) in [6, 6.07) is 0. The number of hydrogen-bond acceptors (Lipinski definition) is 3. The molecule has 124 valence electrons. The van der Waals surface area contributed by atoms with Gasteiger partial charge in [0.25, 0.3) is 0 Å². The molecule has 0 aromatic heterocycles. The minimum absolute atomic E-state index is 0.0267. The summed E-state index contributed by atoms with van der Waals surface area (Å²) in [6.45, 7) is 9.10. The fourth-order valence-corrected chi connectivity index (χ4v) is 5.15. The van der Waals surface area contributed by atoms with E-state index in [1.165, 1.54) is 0 Å². The number of rotatable bonds is 2. The monoisotopic (exact) mass is 314 g/mol. The van der Waals surface area contributed by atoms with Crippen molar-refractivity contribution in [3.63, 3.8) is 0 Å². The molecule has 3 rings (SSSR count). The summed E-state index contributed by atoms with van der Waals surface area (Å²) in [7, 11) is 0. The van der Waals surface area contributed by atoms with E-state index in [0.29, 0.717) is 12.2 Å². The van der Waals surface area contributed by atoms with E-state index >= 15 is 0 Å². The van der Waals surface area contributed by atoms with Crippen LogP contribution >= 0.6 is 0 Å². The Morgan fingerprint density at radius 1 is 1.22 bits per heavy atom. The third kappa shape index (κ3) is 2.60. The fraction of sp³-hybridized carbons (Fsp3) is 0.600. The number of cyclic esters (lactones) is 1. The molecule has 1 heterocycles. The maximum Gasteiger partial charge on any atom is 0.338 e. The lowest BCUT2D eigenvalue weighted by Gasteiger charge is -2.55. The molecule has 1 fully saturated rings. The van der Waals surface area contributed by atoms with Crippen LogP contribution in [-0.4, -0.2) is 18.4 Å². The highest BCUT2D eigenvalue weighted by Gasteiger charge is 2.54. The molecule has 2 aliphatic carbocycles. The Morgan fingerprint density at radius 2 is 1.96 bits per heavy atom. The van der Waals surface area contributed by atoms with Crippen LogP contribution in [0.5, 0.6) is 0 Å². The Kier molecular flexibility index (Phi) is 3.86. The van der Waals surface area contributed by atoms with Gasteiger partial charge in [0.1, 0.15) is 6.61 Å². The van der Waals surface area contributed by atoms with E-state index < -0.39 is 0 Å². The average Bonchev–Trinajstić information content (AvgIpc) is 2.82. The number of fused-ring (bicyclic) bond motifs is 1. The van der Waals surface area contributed by atoms with E-state index in [2.05, 4.69) is 26.8 Å². The largest absolute Gasteiger partial charge is 0.458 e. The molecule has 0 aromatic rings.